The van der Waals surface area contributed by atoms with Gasteiger partial charge in [0, 0.05) is 33.2 Å². The average Bonchev–Trinajstić information content (AvgIpc) is 2.81. The van der Waals surface area contributed by atoms with E-state index in [1.807, 2.05) is 14.0 Å². The minimum Gasteiger partial charge on any atom is -0.355 e. The minimum absolute atomic E-state index is 0.0770. The van der Waals surface area contributed by atoms with Crippen molar-refractivity contribution in [2.75, 3.05) is 25.0 Å². The van der Waals surface area contributed by atoms with Gasteiger partial charge in [-0.25, -0.2) is 15.1 Å². The molecule has 0 aliphatic carbocycles. The predicted octanol–water partition coefficient (Wildman–Crippen LogP) is -0.224. The van der Waals surface area contributed by atoms with Crippen LogP contribution in [0.25, 0.3) is 11.0 Å². The highest BCUT2D eigenvalue weighted by Gasteiger charge is 2.29. The van der Waals surface area contributed by atoms with Crippen LogP contribution in [0.15, 0.2) is 6.33 Å². The van der Waals surface area contributed by atoms with Crippen LogP contribution in [0.3, 0.4) is 0 Å². The Balaban J connectivity index is 1.84. The Morgan fingerprint density at radius 3 is 2.57 bits per heavy atom. The molecule has 1 saturated heterocycles. The first kappa shape index (κ1) is 16.1. The maximum absolute atomic E-state index is 11.5. The van der Waals surface area contributed by atoms with E-state index in [2.05, 4.69) is 20.0 Å². The number of nitrogens with zero attached hydrogens (tertiary/aromatic N) is 6. The van der Waals surface area contributed by atoms with Gasteiger partial charge < -0.3 is 4.90 Å². The van der Waals surface area contributed by atoms with Gasteiger partial charge >= 0.3 is 0 Å². The minimum atomic E-state index is -3.65. The second-order valence-electron chi connectivity index (χ2n) is 5.88. The summed E-state index contributed by atoms with van der Waals surface area (Å²) < 4.78 is 26.0. The molecule has 1 fully saturated rings. The summed E-state index contributed by atoms with van der Waals surface area (Å²) >= 11 is 0. The third kappa shape index (κ3) is 2.89. The van der Waals surface area contributed by atoms with Gasteiger partial charge in [-0.1, -0.05) is 0 Å². The number of nitrogens with two attached hydrogens (primary N) is 1. The molecule has 9 nitrogen and oxygen atoms in total. The van der Waals surface area contributed by atoms with Crippen LogP contribution in [0.2, 0.25) is 0 Å². The maximum Gasteiger partial charge on any atom is 0.276 e. The first-order chi connectivity index (χ1) is 10.8. The summed E-state index contributed by atoms with van der Waals surface area (Å²) in [4.78, 5) is 10.9. The van der Waals surface area contributed by atoms with Gasteiger partial charge in [-0.15, -0.1) is 0 Å². The van der Waals surface area contributed by atoms with Crippen molar-refractivity contribution in [2.45, 2.75) is 25.8 Å². The summed E-state index contributed by atoms with van der Waals surface area (Å²) in [5.74, 6) is 0.842. The van der Waals surface area contributed by atoms with E-state index in [-0.39, 0.29) is 6.04 Å². The molecule has 0 aromatic carbocycles. The van der Waals surface area contributed by atoms with E-state index < -0.39 is 10.2 Å². The highest BCUT2D eigenvalue weighted by molar-refractivity contribution is 7.86. The fourth-order valence-corrected chi connectivity index (χ4v) is 3.76. The highest BCUT2D eigenvalue weighted by atomic mass is 32.2. The van der Waals surface area contributed by atoms with Crippen molar-refractivity contribution >= 4 is 27.1 Å². The van der Waals surface area contributed by atoms with Crippen LogP contribution in [0.5, 0.6) is 0 Å². The Kier molecular flexibility index (Phi) is 3.98. The lowest BCUT2D eigenvalue weighted by Crippen LogP contribution is -2.47. The first-order valence-corrected chi connectivity index (χ1v) is 8.94. The molecule has 0 spiro atoms. The number of hydrogen-bond acceptors (Lipinski definition) is 6. The number of rotatable bonds is 3. The van der Waals surface area contributed by atoms with Crippen molar-refractivity contribution in [3.63, 3.8) is 0 Å². The summed E-state index contributed by atoms with van der Waals surface area (Å²) in [6.07, 6.45) is 2.96. The largest absolute Gasteiger partial charge is 0.355 e. The average molecular weight is 339 g/mol. The Labute approximate surface area is 135 Å². The summed E-state index contributed by atoms with van der Waals surface area (Å²) in [5, 5.41) is 9.61. The standard InChI is InChI=1S/C13H21N7O2S/c1-9-11-12(18(2)17-9)13(16-8-15-11)20-6-4-10(5-7-20)19(3)23(14,21)22/h8,10H,4-7H2,1-3H3,(H2,14,21,22). The zero-order valence-electron chi connectivity index (χ0n) is 13.5. The molecule has 0 bridgehead atoms. The van der Waals surface area contributed by atoms with E-state index in [0.717, 1.165) is 22.5 Å². The fraction of sp³-hybridized carbons (Fsp3) is 0.615. The van der Waals surface area contributed by atoms with E-state index >= 15 is 0 Å². The van der Waals surface area contributed by atoms with E-state index in [1.165, 1.54) is 11.4 Å². The van der Waals surface area contributed by atoms with Crippen LogP contribution in [0.4, 0.5) is 5.82 Å². The molecule has 1 aliphatic heterocycles. The molecule has 10 heteroatoms. The quantitative estimate of drug-likeness (QED) is 0.827. The predicted molar refractivity (Wildman–Crippen MR) is 87.1 cm³/mol. The highest BCUT2D eigenvalue weighted by Crippen LogP contribution is 2.27. The molecule has 3 rings (SSSR count). The smallest absolute Gasteiger partial charge is 0.276 e. The molecule has 3 heterocycles. The second kappa shape index (κ2) is 5.69. The third-order valence-electron chi connectivity index (χ3n) is 4.45. The molecule has 1 aliphatic rings. The van der Waals surface area contributed by atoms with E-state index in [4.69, 9.17) is 5.14 Å². The molecule has 0 saturated carbocycles. The van der Waals surface area contributed by atoms with Crippen LogP contribution in [-0.4, -0.2) is 58.7 Å². The molecular weight excluding hydrogens is 318 g/mol. The number of anilines is 1. The zero-order chi connectivity index (χ0) is 16.8. The third-order valence-corrected chi connectivity index (χ3v) is 5.55. The van der Waals surface area contributed by atoms with Crippen molar-refractivity contribution in [1.82, 2.24) is 24.1 Å². The van der Waals surface area contributed by atoms with Crippen molar-refractivity contribution in [1.29, 1.82) is 0 Å². The lowest BCUT2D eigenvalue weighted by molar-refractivity contribution is 0.312. The van der Waals surface area contributed by atoms with E-state index in [9.17, 15) is 8.42 Å². The zero-order valence-corrected chi connectivity index (χ0v) is 14.3. The fourth-order valence-electron chi connectivity index (χ4n) is 3.14. The van der Waals surface area contributed by atoms with Crippen LogP contribution in [0.1, 0.15) is 18.5 Å². The van der Waals surface area contributed by atoms with Crippen LogP contribution in [0, 0.1) is 6.92 Å². The molecule has 2 N–H and O–H groups in total. The topological polar surface area (TPSA) is 110 Å². The molecule has 23 heavy (non-hydrogen) atoms. The van der Waals surface area contributed by atoms with E-state index in [0.29, 0.717) is 25.9 Å². The summed E-state index contributed by atoms with van der Waals surface area (Å²) in [6, 6.07) is -0.0770. The summed E-state index contributed by atoms with van der Waals surface area (Å²) in [6.45, 7) is 3.34. The van der Waals surface area contributed by atoms with Gasteiger partial charge in [0.05, 0.1) is 5.69 Å². The van der Waals surface area contributed by atoms with Gasteiger partial charge in [-0.2, -0.15) is 17.8 Å². The Hall–Kier alpha value is -1.78. The van der Waals surface area contributed by atoms with Crippen LogP contribution in [-0.2, 0) is 17.3 Å². The van der Waals surface area contributed by atoms with E-state index in [1.54, 1.807) is 11.0 Å². The molecule has 0 amide bonds. The Morgan fingerprint density at radius 2 is 1.96 bits per heavy atom. The SMILES string of the molecule is Cc1nn(C)c2c(N3CCC(N(C)S(N)(=O)=O)CC3)ncnc12. The number of aryl methyl sites for hydroxylation is 2. The summed E-state index contributed by atoms with van der Waals surface area (Å²) in [5.41, 5.74) is 2.62. The number of aromatic nitrogens is 4. The number of piperidine rings is 1. The molecular formula is C13H21N7O2S. The number of fused-ring (bicyclic) bond motifs is 1. The number of hydrogen-bond donors (Lipinski definition) is 1. The first-order valence-electron chi connectivity index (χ1n) is 7.44. The molecule has 2 aromatic heterocycles. The summed E-state index contributed by atoms with van der Waals surface area (Å²) in [7, 11) is -0.238. The van der Waals surface area contributed by atoms with Gasteiger partial charge in [0.25, 0.3) is 10.2 Å². The van der Waals surface area contributed by atoms with Crippen molar-refractivity contribution in [2.24, 2.45) is 12.2 Å². The van der Waals surface area contributed by atoms with Crippen LogP contribution < -0.4 is 10.0 Å². The van der Waals surface area contributed by atoms with Crippen molar-refractivity contribution in [3.8, 4) is 0 Å². The van der Waals surface area contributed by atoms with Crippen LogP contribution >= 0.6 is 0 Å². The Morgan fingerprint density at radius 1 is 1.30 bits per heavy atom. The lowest BCUT2D eigenvalue weighted by Gasteiger charge is -2.36. The molecule has 2 aromatic rings. The van der Waals surface area contributed by atoms with Gasteiger partial charge in [-0.3, -0.25) is 4.68 Å². The van der Waals surface area contributed by atoms with Crippen molar-refractivity contribution < 1.29 is 8.42 Å². The molecule has 0 radical (unpaired) electrons. The van der Waals surface area contributed by atoms with Crippen molar-refractivity contribution in [3.05, 3.63) is 12.0 Å². The normalized spacial score (nSPS) is 17.3. The van der Waals surface area contributed by atoms with Gasteiger partial charge in [-0.05, 0) is 19.8 Å². The lowest BCUT2D eigenvalue weighted by atomic mass is 10.1. The maximum atomic E-state index is 11.5. The van der Waals surface area contributed by atoms with Gasteiger partial charge in [0.2, 0.25) is 0 Å². The molecule has 126 valence electrons. The van der Waals surface area contributed by atoms with Gasteiger partial charge in [0.15, 0.2) is 5.82 Å². The molecule has 0 unspecified atom stereocenters. The monoisotopic (exact) mass is 339 g/mol. The van der Waals surface area contributed by atoms with Gasteiger partial charge in [0.1, 0.15) is 17.4 Å². The second-order valence-corrected chi connectivity index (χ2v) is 7.49. The molecule has 0 atom stereocenters. The Bertz CT molecular complexity index is 824.